The second kappa shape index (κ2) is 7.66. The summed E-state index contributed by atoms with van der Waals surface area (Å²) in [5.41, 5.74) is 0.546. The Bertz CT molecular complexity index is 745. The Morgan fingerprint density at radius 3 is 2.96 bits per heavy atom. The zero-order valence-corrected chi connectivity index (χ0v) is 15.5. The van der Waals surface area contributed by atoms with Crippen molar-refractivity contribution in [2.24, 2.45) is 0 Å². The third kappa shape index (κ3) is 3.43. The molecule has 0 bridgehead atoms. The van der Waals surface area contributed by atoms with Gasteiger partial charge in [0.1, 0.15) is 17.2 Å². The van der Waals surface area contributed by atoms with Gasteiger partial charge < -0.3 is 14.6 Å². The lowest BCUT2D eigenvalue weighted by molar-refractivity contribution is 0.0571. The van der Waals surface area contributed by atoms with Crippen LogP contribution in [0.25, 0.3) is 0 Å². The number of nitrogens with zero attached hydrogens (tertiary/aromatic N) is 3. The van der Waals surface area contributed by atoms with Crippen LogP contribution in [-0.4, -0.2) is 40.2 Å². The van der Waals surface area contributed by atoms with Gasteiger partial charge in [-0.1, -0.05) is 6.92 Å². The van der Waals surface area contributed by atoms with Crippen LogP contribution >= 0.6 is 0 Å². The number of nitrogens with one attached hydrogen (secondary N) is 1. The Balaban J connectivity index is 1.52. The van der Waals surface area contributed by atoms with Crippen molar-refractivity contribution in [1.29, 1.82) is 0 Å². The highest BCUT2D eigenvalue weighted by atomic mass is 16.3. The third-order valence-corrected chi connectivity index (χ3v) is 5.60. The third-order valence-electron chi connectivity index (χ3n) is 5.60. The first-order valence-electron chi connectivity index (χ1n) is 9.91. The van der Waals surface area contributed by atoms with E-state index in [1.807, 2.05) is 34.0 Å². The molecule has 2 aliphatic heterocycles. The summed E-state index contributed by atoms with van der Waals surface area (Å²) in [5, 5.41) is 8.02. The number of amides is 1. The summed E-state index contributed by atoms with van der Waals surface area (Å²) in [6.45, 7) is 4.85. The molecule has 140 valence electrons. The summed E-state index contributed by atoms with van der Waals surface area (Å²) < 4.78 is 7.92. The van der Waals surface area contributed by atoms with E-state index in [1.54, 1.807) is 0 Å². The molecule has 2 saturated heterocycles. The second-order valence-electron chi connectivity index (χ2n) is 7.35. The molecular weight excluding hydrogens is 328 g/mol. The van der Waals surface area contributed by atoms with E-state index in [0.29, 0.717) is 11.7 Å². The van der Waals surface area contributed by atoms with E-state index in [4.69, 9.17) is 4.42 Å². The number of aromatic nitrogens is 2. The highest BCUT2D eigenvalue weighted by Gasteiger charge is 2.32. The standard InChI is InChI=1S/C20H28N4O2/c1-2-16-8-9-19(26-16)18-7-3-4-12-23(18)20(25)17-10-13-24(22-17)15-6-5-11-21-14-15/h8-10,13,15,18,21H,2-7,11-12,14H2,1H3. The molecule has 0 aliphatic carbocycles. The lowest BCUT2D eigenvalue weighted by Crippen LogP contribution is -2.38. The van der Waals surface area contributed by atoms with Crippen molar-refractivity contribution in [2.45, 2.75) is 57.5 Å². The van der Waals surface area contributed by atoms with Gasteiger partial charge in [-0.2, -0.15) is 5.10 Å². The molecule has 6 heteroatoms. The van der Waals surface area contributed by atoms with E-state index in [1.165, 1.54) is 0 Å². The van der Waals surface area contributed by atoms with Crippen molar-refractivity contribution in [3.8, 4) is 0 Å². The fourth-order valence-electron chi connectivity index (χ4n) is 4.10. The van der Waals surface area contributed by atoms with Crippen LogP contribution in [0.3, 0.4) is 0 Å². The van der Waals surface area contributed by atoms with E-state index < -0.39 is 0 Å². The van der Waals surface area contributed by atoms with E-state index in [0.717, 1.165) is 69.7 Å². The molecule has 2 atom stereocenters. The molecule has 1 N–H and O–H groups in total. The summed E-state index contributed by atoms with van der Waals surface area (Å²) in [6, 6.07) is 6.29. The Morgan fingerprint density at radius 1 is 1.27 bits per heavy atom. The highest BCUT2D eigenvalue weighted by molar-refractivity contribution is 5.92. The second-order valence-corrected chi connectivity index (χ2v) is 7.35. The fourth-order valence-corrected chi connectivity index (χ4v) is 4.10. The maximum atomic E-state index is 13.1. The van der Waals surface area contributed by atoms with E-state index >= 15 is 0 Å². The van der Waals surface area contributed by atoms with Crippen molar-refractivity contribution in [3.63, 3.8) is 0 Å². The highest BCUT2D eigenvalue weighted by Crippen LogP contribution is 2.33. The number of furan rings is 1. The molecule has 2 aromatic heterocycles. The topological polar surface area (TPSA) is 63.3 Å². The number of hydrogen-bond donors (Lipinski definition) is 1. The van der Waals surface area contributed by atoms with Crippen molar-refractivity contribution in [2.75, 3.05) is 19.6 Å². The SMILES string of the molecule is CCc1ccc(C2CCCCN2C(=O)c2ccn(C3CCCNC3)n2)o1. The van der Waals surface area contributed by atoms with Gasteiger partial charge in [0.05, 0.1) is 12.1 Å². The zero-order valence-electron chi connectivity index (χ0n) is 15.5. The minimum absolute atomic E-state index is 0.0201. The van der Waals surface area contributed by atoms with E-state index in [9.17, 15) is 4.79 Å². The van der Waals surface area contributed by atoms with Gasteiger partial charge in [0.2, 0.25) is 0 Å². The monoisotopic (exact) mass is 356 g/mol. The molecule has 4 heterocycles. The first kappa shape index (κ1) is 17.3. The fraction of sp³-hybridized carbons (Fsp3) is 0.600. The van der Waals surface area contributed by atoms with Crippen LogP contribution in [0.15, 0.2) is 28.8 Å². The Morgan fingerprint density at radius 2 is 2.19 bits per heavy atom. The predicted octanol–water partition coefficient (Wildman–Crippen LogP) is 3.33. The van der Waals surface area contributed by atoms with Crippen LogP contribution < -0.4 is 5.32 Å². The Labute approximate surface area is 154 Å². The van der Waals surface area contributed by atoms with Crippen molar-refractivity contribution < 1.29 is 9.21 Å². The Hall–Kier alpha value is -2.08. The molecule has 2 aliphatic rings. The molecule has 2 unspecified atom stereocenters. The average Bonchev–Trinajstić information content (AvgIpc) is 3.38. The molecule has 0 saturated carbocycles. The summed E-state index contributed by atoms with van der Waals surface area (Å²) in [4.78, 5) is 15.1. The van der Waals surface area contributed by atoms with E-state index in [-0.39, 0.29) is 11.9 Å². The van der Waals surface area contributed by atoms with E-state index in [2.05, 4.69) is 17.3 Å². The normalized spacial score (nSPS) is 24.0. The van der Waals surface area contributed by atoms with Gasteiger partial charge in [-0.25, -0.2) is 0 Å². The van der Waals surface area contributed by atoms with Gasteiger partial charge in [0, 0.05) is 25.7 Å². The lowest BCUT2D eigenvalue weighted by Gasteiger charge is -2.34. The molecule has 0 spiro atoms. The first-order chi connectivity index (χ1) is 12.8. The number of hydrogen-bond acceptors (Lipinski definition) is 4. The number of rotatable bonds is 4. The number of carbonyl (C=O) groups is 1. The van der Waals surface area contributed by atoms with Crippen LogP contribution in [0.5, 0.6) is 0 Å². The summed E-state index contributed by atoms with van der Waals surface area (Å²) >= 11 is 0. The maximum Gasteiger partial charge on any atom is 0.274 e. The van der Waals surface area contributed by atoms with Gasteiger partial charge in [-0.3, -0.25) is 9.48 Å². The maximum absolute atomic E-state index is 13.1. The molecular formula is C20H28N4O2. The largest absolute Gasteiger partial charge is 0.464 e. The van der Waals surface area contributed by atoms with Gasteiger partial charge in [0.25, 0.3) is 5.91 Å². The number of likely N-dealkylation sites (tertiary alicyclic amines) is 1. The molecule has 26 heavy (non-hydrogen) atoms. The summed E-state index contributed by atoms with van der Waals surface area (Å²) in [5.74, 6) is 1.91. The quantitative estimate of drug-likeness (QED) is 0.913. The van der Waals surface area contributed by atoms with Crippen LogP contribution in [-0.2, 0) is 6.42 Å². The molecule has 6 nitrogen and oxygen atoms in total. The molecule has 1 amide bonds. The molecule has 0 radical (unpaired) electrons. The predicted molar refractivity (Wildman–Crippen MR) is 99.1 cm³/mol. The van der Waals surface area contributed by atoms with Gasteiger partial charge in [-0.15, -0.1) is 0 Å². The van der Waals surface area contributed by atoms with Crippen molar-refractivity contribution in [1.82, 2.24) is 20.0 Å². The van der Waals surface area contributed by atoms with Crippen molar-refractivity contribution >= 4 is 5.91 Å². The van der Waals surface area contributed by atoms with Crippen LogP contribution in [0.1, 0.15) is 73.1 Å². The molecule has 2 aromatic rings. The number of piperidine rings is 2. The van der Waals surface area contributed by atoms with Crippen LogP contribution in [0.2, 0.25) is 0 Å². The average molecular weight is 356 g/mol. The summed E-state index contributed by atoms with van der Waals surface area (Å²) in [6.07, 6.45) is 8.21. The molecule has 2 fully saturated rings. The van der Waals surface area contributed by atoms with Crippen LogP contribution in [0, 0.1) is 0 Å². The smallest absolute Gasteiger partial charge is 0.274 e. The zero-order chi connectivity index (χ0) is 17.9. The number of carbonyl (C=O) groups excluding carboxylic acids is 1. The van der Waals surface area contributed by atoms with Crippen molar-refractivity contribution in [3.05, 3.63) is 41.6 Å². The number of aryl methyl sites for hydroxylation is 1. The van der Waals surface area contributed by atoms with Crippen LogP contribution in [0.4, 0.5) is 0 Å². The molecule has 4 rings (SSSR count). The molecule has 0 aromatic carbocycles. The van der Waals surface area contributed by atoms with Gasteiger partial charge in [0.15, 0.2) is 0 Å². The first-order valence-corrected chi connectivity index (χ1v) is 9.91. The minimum atomic E-state index is 0.0201. The van der Waals surface area contributed by atoms with Gasteiger partial charge in [-0.05, 0) is 56.8 Å². The summed E-state index contributed by atoms with van der Waals surface area (Å²) in [7, 11) is 0. The minimum Gasteiger partial charge on any atom is -0.464 e. The Kier molecular flexibility index (Phi) is 5.11. The van der Waals surface area contributed by atoms with Gasteiger partial charge >= 0.3 is 0 Å². The lowest BCUT2D eigenvalue weighted by atomic mass is 9.99.